The van der Waals surface area contributed by atoms with Crippen LogP contribution in [0.4, 0.5) is 0 Å². The largest absolute Gasteiger partial charge is 0.462 e. The molecule has 223 valence electrons. The number of fused-ring (bicyclic) bond motifs is 1. The van der Waals surface area contributed by atoms with Gasteiger partial charge in [-0.25, -0.2) is 4.99 Å². The van der Waals surface area contributed by atoms with Crippen molar-refractivity contribution in [3.05, 3.63) is 53.5 Å². The standard InChI is InChI=1S/C32H41N6O3S/c1-5-25-29(30(40)27-17-22-10-7-9-21(3)26(22)20-42-27)34-32(41-19-24-11-8-14-36(24)4)35-31(25)37-15-16-38(28(39)6-2)23(18-37)12-13-33/h6-7,9-10,23-24,27,29H,2,5,8,11-12,14-20H2,1,3-4H3/t23?,24?,27-,29?/m0/s1. The van der Waals surface area contributed by atoms with Gasteiger partial charge in [-0.05, 0) is 69.0 Å². The highest BCUT2D eigenvalue weighted by Gasteiger charge is 2.43. The first-order chi connectivity index (χ1) is 20.3. The Morgan fingerprint density at radius 3 is 2.81 bits per heavy atom. The van der Waals surface area contributed by atoms with Gasteiger partial charge < -0.3 is 19.4 Å². The van der Waals surface area contributed by atoms with E-state index in [0.717, 1.165) is 31.1 Å². The summed E-state index contributed by atoms with van der Waals surface area (Å²) in [6.45, 7) is 10.7. The van der Waals surface area contributed by atoms with Crippen molar-refractivity contribution < 1.29 is 14.3 Å². The fourth-order valence-corrected chi connectivity index (χ4v) is 7.86. The minimum absolute atomic E-state index is 0.0875. The Hall–Kier alpha value is -3.16. The zero-order chi connectivity index (χ0) is 29.8. The summed E-state index contributed by atoms with van der Waals surface area (Å²) in [4.78, 5) is 42.7. The van der Waals surface area contributed by atoms with Crippen LogP contribution >= 0.6 is 11.8 Å². The van der Waals surface area contributed by atoms with E-state index < -0.39 is 6.04 Å². The van der Waals surface area contributed by atoms with Crippen molar-refractivity contribution in [2.75, 3.05) is 39.8 Å². The van der Waals surface area contributed by atoms with E-state index in [1.165, 1.54) is 22.8 Å². The molecule has 0 N–H and O–H groups in total. The SMILES string of the molecule is C=CC(=O)N1CCN(C2=NC(OCC3CCCN3C)=NC(C(=O)[C@@H]3Cc4cccc(C)c4CS3)[C]2CC)CC1CC#N. The molecule has 0 bridgehead atoms. The van der Waals surface area contributed by atoms with E-state index in [-0.39, 0.29) is 35.4 Å². The Morgan fingerprint density at radius 2 is 2.10 bits per heavy atom. The number of hydrogen-bond donors (Lipinski definition) is 0. The summed E-state index contributed by atoms with van der Waals surface area (Å²) >= 11 is 1.70. The van der Waals surface area contributed by atoms with Crippen LogP contribution in [0.2, 0.25) is 0 Å². The molecular weight excluding hydrogens is 548 g/mol. The minimum Gasteiger partial charge on any atom is -0.462 e. The van der Waals surface area contributed by atoms with E-state index in [1.54, 1.807) is 16.7 Å². The first-order valence-electron chi connectivity index (χ1n) is 15.0. The highest BCUT2D eigenvalue weighted by molar-refractivity contribution is 7.99. The number of likely N-dealkylation sites (tertiary alicyclic amines) is 1. The molecule has 0 saturated carbocycles. The molecule has 1 amide bonds. The van der Waals surface area contributed by atoms with Gasteiger partial charge in [-0.15, -0.1) is 11.8 Å². The van der Waals surface area contributed by atoms with Crippen molar-refractivity contribution in [1.29, 1.82) is 5.26 Å². The number of amides is 1. The maximum Gasteiger partial charge on any atom is 0.314 e. The maximum absolute atomic E-state index is 14.3. The van der Waals surface area contributed by atoms with Crippen molar-refractivity contribution in [2.24, 2.45) is 9.98 Å². The van der Waals surface area contributed by atoms with Crippen molar-refractivity contribution in [2.45, 2.75) is 75.1 Å². The molecular formula is C32H41N6O3S. The number of amidine groups is 2. The van der Waals surface area contributed by atoms with Gasteiger partial charge in [0.05, 0.1) is 29.7 Å². The fraction of sp³-hybridized carbons (Fsp3) is 0.562. The Balaban J connectivity index is 1.42. The summed E-state index contributed by atoms with van der Waals surface area (Å²) in [6.07, 6.45) is 4.99. The molecule has 4 aliphatic heterocycles. The number of aryl methyl sites for hydroxylation is 1. The number of piperazine rings is 1. The van der Waals surface area contributed by atoms with Crippen LogP contribution in [-0.4, -0.2) is 101 Å². The van der Waals surface area contributed by atoms with Crippen LogP contribution in [0.15, 0.2) is 40.8 Å². The lowest BCUT2D eigenvalue weighted by atomic mass is 9.87. The molecule has 5 rings (SSSR count). The first kappa shape index (κ1) is 30.3. The van der Waals surface area contributed by atoms with Gasteiger partial charge >= 0.3 is 6.02 Å². The van der Waals surface area contributed by atoms with Crippen molar-refractivity contribution in [1.82, 2.24) is 14.7 Å². The van der Waals surface area contributed by atoms with Gasteiger partial charge in [-0.2, -0.15) is 10.3 Å². The second kappa shape index (κ2) is 13.4. The van der Waals surface area contributed by atoms with Crippen molar-refractivity contribution >= 4 is 35.3 Å². The topological polar surface area (TPSA) is 102 Å². The number of aliphatic imine (C=N–C) groups is 2. The molecule has 0 aliphatic carbocycles. The second-order valence-corrected chi connectivity index (χ2v) is 12.7. The summed E-state index contributed by atoms with van der Waals surface area (Å²) < 4.78 is 6.23. The first-order valence-corrected chi connectivity index (χ1v) is 16.0. The molecule has 0 aromatic heterocycles. The van der Waals surface area contributed by atoms with Crippen LogP contribution in [-0.2, 0) is 26.5 Å². The number of carbonyl (C=O) groups is 2. The number of nitrogens with zero attached hydrogens (tertiary/aromatic N) is 6. The van der Waals surface area contributed by atoms with Gasteiger partial charge in [-0.1, -0.05) is 31.7 Å². The molecule has 0 spiro atoms. The monoisotopic (exact) mass is 589 g/mol. The molecule has 3 unspecified atom stereocenters. The van der Waals surface area contributed by atoms with E-state index in [1.807, 2.05) is 6.92 Å². The van der Waals surface area contributed by atoms with Crippen LogP contribution in [0.25, 0.3) is 0 Å². The van der Waals surface area contributed by atoms with Crippen LogP contribution in [0, 0.1) is 24.2 Å². The molecule has 4 heterocycles. The number of thioether (sulfide) groups is 1. The summed E-state index contributed by atoms with van der Waals surface area (Å²) in [5.74, 6) is 2.30. The van der Waals surface area contributed by atoms with Crippen LogP contribution in [0.5, 0.6) is 0 Å². The minimum atomic E-state index is -0.676. The lowest BCUT2D eigenvalue weighted by Gasteiger charge is -2.44. The van der Waals surface area contributed by atoms with Gasteiger partial charge in [-0.3, -0.25) is 9.59 Å². The molecule has 4 atom stereocenters. The Morgan fingerprint density at radius 1 is 1.26 bits per heavy atom. The number of carbonyl (C=O) groups excluding carboxylic acids is 2. The van der Waals surface area contributed by atoms with Gasteiger partial charge in [0.15, 0.2) is 5.78 Å². The molecule has 2 fully saturated rings. The maximum atomic E-state index is 14.3. The number of hydrogen-bond acceptors (Lipinski definition) is 9. The van der Waals surface area contributed by atoms with Crippen LogP contribution < -0.4 is 0 Å². The third kappa shape index (κ3) is 6.28. The summed E-state index contributed by atoms with van der Waals surface area (Å²) in [6, 6.07) is 8.13. The predicted octanol–water partition coefficient (Wildman–Crippen LogP) is 3.57. The van der Waals surface area contributed by atoms with E-state index in [2.05, 4.69) is 54.6 Å². The smallest absolute Gasteiger partial charge is 0.314 e. The fourth-order valence-electron chi connectivity index (χ4n) is 6.49. The summed E-state index contributed by atoms with van der Waals surface area (Å²) in [7, 11) is 2.10. The van der Waals surface area contributed by atoms with Crippen molar-refractivity contribution in [3.63, 3.8) is 0 Å². The Kier molecular flexibility index (Phi) is 9.69. The van der Waals surface area contributed by atoms with Crippen LogP contribution in [0.3, 0.4) is 0 Å². The van der Waals surface area contributed by atoms with Crippen molar-refractivity contribution in [3.8, 4) is 6.07 Å². The van der Waals surface area contributed by atoms with Gasteiger partial charge in [0, 0.05) is 31.4 Å². The summed E-state index contributed by atoms with van der Waals surface area (Å²) in [5.41, 5.74) is 3.84. The van der Waals surface area contributed by atoms with Crippen LogP contribution in [0.1, 0.15) is 49.3 Å². The average Bonchev–Trinajstić information content (AvgIpc) is 3.43. The molecule has 1 radical (unpaired) electrons. The number of benzene rings is 1. The number of rotatable bonds is 7. The summed E-state index contributed by atoms with van der Waals surface area (Å²) in [5, 5.41) is 9.31. The number of Topliss-reactive ketones (excluding diaryl/α,β-unsaturated/α-hetero) is 1. The molecule has 10 heteroatoms. The zero-order valence-electron chi connectivity index (χ0n) is 24.9. The molecule has 42 heavy (non-hydrogen) atoms. The Labute approximate surface area is 253 Å². The molecule has 9 nitrogen and oxygen atoms in total. The highest BCUT2D eigenvalue weighted by Crippen LogP contribution is 2.36. The molecule has 2 saturated heterocycles. The lowest BCUT2D eigenvalue weighted by molar-refractivity contribution is -0.130. The van der Waals surface area contributed by atoms with Gasteiger partial charge in [0.1, 0.15) is 18.5 Å². The van der Waals surface area contributed by atoms with E-state index in [0.29, 0.717) is 51.0 Å². The molecule has 1 aromatic carbocycles. The second-order valence-electron chi connectivity index (χ2n) is 11.5. The van der Waals surface area contributed by atoms with Gasteiger partial charge in [0.2, 0.25) is 5.91 Å². The number of nitriles is 1. The number of ether oxygens (including phenoxy) is 1. The average molecular weight is 590 g/mol. The normalized spacial score (nSPS) is 26.6. The third-order valence-electron chi connectivity index (χ3n) is 9.01. The molecule has 1 aromatic rings. The highest BCUT2D eigenvalue weighted by atomic mass is 32.2. The quantitative estimate of drug-likeness (QED) is 0.448. The Bertz CT molecular complexity index is 1310. The van der Waals surface area contributed by atoms with Gasteiger partial charge in [0.25, 0.3) is 0 Å². The molecule has 4 aliphatic rings. The third-order valence-corrected chi connectivity index (χ3v) is 10.3. The predicted molar refractivity (Wildman–Crippen MR) is 166 cm³/mol. The lowest BCUT2D eigenvalue weighted by Crippen LogP contribution is -2.58. The zero-order valence-corrected chi connectivity index (χ0v) is 25.7. The number of likely N-dealkylation sites (N-methyl/N-ethyl adjacent to an activating group) is 1. The van der Waals surface area contributed by atoms with E-state index in [4.69, 9.17) is 14.7 Å². The van der Waals surface area contributed by atoms with E-state index >= 15 is 0 Å². The van der Waals surface area contributed by atoms with E-state index in [9.17, 15) is 14.9 Å². The number of ketones is 1.